The fraction of sp³-hybridized carbons (Fsp3) is 0.200. The maximum absolute atomic E-state index is 12.3. The Bertz CT molecular complexity index is 1360. The summed E-state index contributed by atoms with van der Waals surface area (Å²) in [4.78, 5) is 21.2. The summed E-state index contributed by atoms with van der Waals surface area (Å²) in [5, 5.41) is 10.6. The van der Waals surface area contributed by atoms with Crippen molar-refractivity contribution < 1.29 is 9.53 Å². The first-order chi connectivity index (χ1) is 16.2. The number of aryl methyl sites for hydroxylation is 3. The molecule has 9 heteroatoms. The van der Waals surface area contributed by atoms with Gasteiger partial charge >= 0.3 is 6.03 Å². The molecule has 0 atom stereocenters. The molecule has 0 saturated heterocycles. The summed E-state index contributed by atoms with van der Waals surface area (Å²) in [6.45, 7) is 9.74. The number of ether oxygens (including phenoxy) is 1. The number of rotatable bonds is 5. The Kier molecular flexibility index (Phi) is 6.51. The quantitative estimate of drug-likeness (QED) is 0.352. The zero-order chi connectivity index (χ0) is 24.4. The van der Waals surface area contributed by atoms with Gasteiger partial charge in [0.2, 0.25) is 5.88 Å². The van der Waals surface area contributed by atoms with E-state index in [1.165, 1.54) is 0 Å². The molecule has 0 aliphatic carbocycles. The van der Waals surface area contributed by atoms with Gasteiger partial charge in [-0.2, -0.15) is 10.1 Å². The molecule has 0 aliphatic rings. The largest absolute Gasteiger partial charge is 0.439 e. The van der Waals surface area contributed by atoms with Crippen molar-refractivity contribution in [3.63, 3.8) is 0 Å². The van der Waals surface area contributed by atoms with Crippen LogP contribution in [0.4, 0.5) is 16.2 Å². The van der Waals surface area contributed by atoms with E-state index < -0.39 is 6.03 Å². The topological polar surface area (TPSA) is 94.0 Å². The molecule has 0 saturated carbocycles. The van der Waals surface area contributed by atoms with Crippen LogP contribution in [0.2, 0.25) is 5.02 Å². The minimum atomic E-state index is -0.393. The van der Waals surface area contributed by atoms with Crippen molar-refractivity contribution in [1.82, 2.24) is 19.7 Å². The van der Waals surface area contributed by atoms with E-state index >= 15 is 0 Å². The van der Waals surface area contributed by atoms with Gasteiger partial charge in [0.05, 0.1) is 16.4 Å². The highest BCUT2D eigenvalue weighted by Crippen LogP contribution is 2.25. The average Bonchev–Trinajstić information content (AvgIpc) is 3.04. The van der Waals surface area contributed by atoms with Crippen molar-refractivity contribution in [2.45, 2.75) is 34.6 Å². The molecule has 0 fully saturated rings. The van der Waals surface area contributed by atoms with Gasteiger partial charge in [-0.25, -0.2) is 14.5 Å². The minimum absolute atomic E-state index is 0.393. The third-order valence-corrected chi connectivity index (χ3v) is 5.69. The van der Waals surface area contributed by atoms with Crippen molar-refractivity contribution in [3.8, 4) is 17.4 Å². The first kappa shape index (κ1) is 23.3. The second-order valence-electron chi connectivity index (χ2n) is 8.01. The molecule has 2 amide bonds. The molecule has 174 valence electrons. The molecule has 0 aliphatic heterocycles. The molecule has 2 heterocycles. The Balaban J connectivity index is 1.45. The van der Waals surface area contributed by atoms with Gasteiger partial charge in [0.1, 0.15) is 11.6 Å². The van der Waals surface area contributed by atoms with Crippen LogP contribution >= 0.6 is 11.6 Å². The summed E-state index contributed by atoms with van der Waals surface area (Å²) in [6, 6.07) is 13.8. The second-order valence-corrected chi connectivity index (χ2v) is 8.42. The molecular weight excluding hydrogens is 452 g/mol. The number of anilines is 2. The zero-order valence-corrected chi connectivity index (χ0v) is 20.4. The Morgan fingerprint density at radius 1 is 0.941 bits per heavy atom. The number of amides is 2. The van der Waals surface area contributed by atoms with E-state index in [0.29, 0.717) is 39.7 Å². The molecule has 8 nitrogen and oxygen atoms in total. The van der Waals surface area contributed by atoms with Crippen LogP contribution in [-0.4, -0.2) is 25.8 Å². The molecule has 4 aromatic rings. The standard InChI is InChI=1S/C25H25ClN6O2/c1-14-6-11-22(21(26)12-14)30-25(33)29-19-7-9-20(10-8-19)34-24-13-23(27-18(5)28-24)32-17(4)15(2)16(3)31-32/h6-13H,1-5H3,(H2,29,30,33). The van der Waals surface area contributed by atoms with Crippen LogP contribution in [0.15, 0.2) is 48.5 Å². The van der Waals surface area contributed by atoms with E-state index in [4.69, 9.17) is 16.3 Å². The predicted octanol–water partition coefficient (Wildman–Crippen LogP) is 6.29. The van der Waals surface area contributed by atoms with E-state index in [-0.39, 0.29) is 0 Å². The third-order valence-electron chi connectivity index (χ3n) is 5.38. The number of hydrogen-bond acceptors (Lipinski definition) is 5. The summed E-state index contributed by atoms with van der Waals surface area (Å²) in [6.07, 6.45) is 0. The highest BCUT2D eigenvalue weighted by molar-refractivity contribution is 6.33. The smallest absolute Gasteiger partial charge is 0.323 e. The fourth-order valence-corrected chi connectivity index (χ4v) is 3.65. The fourth-order valence-electron chi connectivity index (χ4n) is 3.36. The highest BCUT2D eigenvalue weighted by atomic mass is 35.5. The average molecular weight is 477 g/mol. The number of benzene rings is 2. The van der Waals surface area contributed by atoms with Crippen molar-refractivity contribution in [1.29, 1.82) is 0 Å². The van der Waals surface area contributed by atoms with Crippen LogP contribution in [0.5, 0.6) is 11.6 Å². The highest BCUT2D eigenvalue weighted by Gasteiger charge is 2.13. The monoisotopic (exact) mass is 476 g/mol. The lowest BCUT2D eigenvalue weighted by molar-refractivity contribution is 0.262. The molecule has 4 rings (SSSR count). The molecule has 2 aromatic heterocycles. The second kappa shape index (κ2) is 9.52. The lowest BCUT2D eigenvalue weighted by Gasteiger charge is -2.11. The van der Waals surface area contributed by atoms with Crippen LogP contribution in [0.25, 0.3) is 5.82 Å². The number of carbonyl (C=O) groups is 1. The number of hydrogen-bond donors (Lipinski definition) is 2. The predicted molar refractivity (Wildman–Crippen MR) is 133 cm³/mol. The maximum Gasteiger partial charge on any atom is 0.323 e. The summed E-state index contributed by atoms with van der Waals surface area (Å²) >= 11 is 6.18. The Morgan fingerprint density at radius 3 is 2.32 bits per heavy atom. The molecule has 0 unspecified atom stereocenters. The van der Waals surface area contributed by atoms with Crippen LogP contribution in [0.1, 0.15) is 28.3 Å². The minimum Gasteiger partial charge on any atom is -0.439 e. The number of nitrogens with one attached hydrogen (secondary N) is 2. The number of halogens is 1. The number of urea groups is 1. The van der Waals surface area contributed by atoms with Crippen molar-refractivity contribution >= 4 is 29.0 Å². The first-order valence-corrected chi connectivity index (χ1v) is 11.1. The molecular formula is C25H25ClN6O2. The molecule has 0 radical (unpaired) electrons. The summed E-state index contributed by atoms with van der Waals surface area (Å²) in [7, 11) is 0. The van der Waals surface area contributed by atoms with Crippen molar-refractivity contribution in [2.75, 3.05) is 10.6 Å². The van der Waals surface area contributed by atoms with Crippen LogP contribution in [0.3, 0.4) is 0 Å². The summed E-state index contributed by atoms with van der Waals surface area (Å²) < 4.78 is 7.73. The maximum atomic E-state index is 12.3. The van der Waals surface area contributed by atoms with Crippen LogP contribution in [-0.2, 0) is 0 Å². The lowest BCUT2D eigenvalue weighted by Crippen LogP contribution is -2.19. The van der Waals surface area contributed by atoms with E-state index in [2.05, 4.69) is 25.7 Å². The van der Waals surface area contributed by atoms with Gasteiger partial charge in [-0.1, -0.05) is 17.7 Å². The molecule has 2 aromatic carbocycles. The van der Waals surface area contributed by atoms with Gasteiger partial charge in [-0.15, -0.1) is 0 Å². The van der Waals surface area contributed by atoms with Crippen LogP contribution in [0, 0.1) is 34.6 Å². The molecule has 0 bridgehead atoms. The molecule has 34 heavy (non-hydrogen) atoms. The third kappa shape index (κ3) is 5.18. The van der Waals surface area contributed by atoms with Gasteiger partial charge in [0, 0.05) is 17.4 Å². The summed E-state index contributed by atoms with van der Waals surface area (Å²) in [5.41, 5.74) is 5.25. The van der Waals surface area contributed by atoms with Gasteiger partial charge in [-0.3, -0.25) is 0 Å². The Hall–Kier alpha value is -3.91. The summed E-state index contributed by atoms with van der Waals surface area (Å²) in [5.74, 6) is 2.18. The van der Waals surface area contributed by atoms with Gasteiger partial charge in [0.15, 0.2) is 5.82 Å². The van der Waals surface area contributed by atoms with E-state index in [0.717, 1.165) is 22.5 Å². The zero-order valence-electron chi connectivity index (χ0n) is 19.6. The number of nitrogens with zero attached hydrogens (tertiary/aromatic N) is 4. The van der Waals surface area contributed by atoms with Gasteiger partial charge < -0.3 is 15.4 Å². The SMILES string of the molecule is Cc1ccc(NC(=O)Nc2ccc(Oc3cc(-n4nc(C)c(C)c4C)nc(C)n3)cc2)c(Cl)c1. The Labute approximate surface area is 203 Å². The Morgan fingerprint density at radius 2 is 1.68 bits per heavy atom. The molecule has 2 N–H and O–H groups in total. The number of aromatic nitrogens is 4. The van der Waals surface area contributed by atoms with E-state index in [1.807, 2.05) is 33.8 Å². The number of carbonyl (C=O) groups excluding carboxylic acids is 1. The molecule has 0 spiro atoms. The van der Waals surface area contributed by atoms with Crippen LogP contribution < -0.4 is 15.4 Å². The van der Waals surface area contributed by atoms with Crippen molar-refractivity contribution in [2.24, 2.45) is 0 Å². The normalized spacial score (nSPS) is 10.8. The van der Waals surface area contributed by atoms with E-state index in [1.54, 1.807) is 54.1 Å². The van der Waals surface area contributed by atoms with Crippen molar-refractivity contribution in [3.05, 3.63) is 81.9 Å². The van der Waals surface area contributed by atoms with E-state index in [9.17, 15) is 4.79 Å². The lowest BCUT2D eigenvalue weighted by atomic mass is 10.2. The van der Waals surface area contributed by atoms with Gasteiger partial charge in [0.25, 0.3) is 0 Å². The van der Waals surface area contributed by atoms with Gasteiger partial charge in [-0.05, 0) is 82.1 Å². The first-order valence-electron chi connectivity index (χ1n) is 10.7.